The lowest BCUT2D eigenvalue weighted by Gasteiger charge is -2.26. The van der Waals surface area contributed by atoms with E-state index >= 15 is 0 Å². The summed E-state index contributed by atoms with van der Waals surface area (Å²) in [6, 6.07) is 19.6. The zero-order valence-electron chi connectivity index (χ0n) is 16.8. The second-order valence-corrected chi connectivity index (χ2v) is 6.75. The van der Waals surface area contributed by atoms with E-state index in [2.05, 4.69) is 16.3 Å². The van der Waals surface area contributed by atoms with Crippen molar-refractivity contribution in [2.45, 2.75) is 26.9 Å². The molecule has 152 valence electrons. The van der Waals surface area contributed by atoms with Gasteiger partial charge in [-0.25, -0.2) is 0 Å². The van der Waals surface area contributed by atoms with Gasteiger partial charge in [-0.15, -0.1) is 0 Å². The van der Waals surface area contributed by atoms with Gasteiger partial charge in [0.05, 0.1) is 26.0 Å². The van der Waals surface area contributed by atoms with Gasteiger partial charge >= 0.3 is 0 Å². The van der Waals surface area contributed by atoms with Crippen LogP contribution in [0.3, 0.4) is 0 Å². The van der Waals surface area contributed by atoms with Gasteiger partial charge in [-0.05, 0) is 68.5 Å². The van der Waals surface area contributed by atoms with Gasteiger partial charge in [0.1, 0.15) is 17.3 Å². The Morgan fingerprint density at radius 1 is 0.931 bits per heavy atom. The lowest BCUT2D eigenvalue weighted by molar-refractivity contribution is 0.320. The third-order valence-electron chi connectivity index (χ3n) is 4.26. The van der Waals surface area contributed by atoms with Crippen LogP contribution in [0.1, 0.15) is 25.2 Å². The van der Waals surface area contributed by atoms with E-state index in [9.17, 15) is 0 Å². The highest BCUT2D eigenvalue weighted by atomic mass is 32.1. The number of para-hydroxylation sites is 1. The molecule has 1 aromatic heterocycles. The number of benzene rings is 2. The highest BCUT2D eigenvalue weighted by molar-refractivity contribution is 7.80. The van der Waals surface area contributed by atoms with Crippen LogP contribution in [-0.2, 0) is 13.1 Å². The molecule has 1 N–H and O–H groups in total. The fraction of sp³-hybridized carbons (Fsp3) is 0.261. The Bertz CT molecular complexity index is 895. The predicted octanol–water partition coefficient (Wildman–Crippen LogP) is 5.48. The van der Waals surface area contributed by atoms with Crippen molar-refractivity contribution in [2.24, 2.45) is 0 Å². The fourth-order valence-electron chi connectivity index (χ4n) is 2.93. The lowest BCUT2D eigenvalue weighted by Crippen LogP contribution is -2.33. The summed E-state index contributed by atoms with van der Waals surface area (Å²) in [5.41, 5.74) is 1.97. The Kier molecular flexibility index (Phi) is 7.53. The van der Waals surface area contributed by atoms with Crippen molar-refractivity contribution in [1.29, 1.82) is 0 Å². The molecule has 0 saturated carbocycles. The van der Waals surface area contributed by atoms with Crippen LogP contribution in [0.15, 0.2) is 71.3 Å². The van der Waals surface area contributed by atoms with Gasteiger partial charge in [-0.2, -0.15) is 0 Å². The average Bonchev–Trinajstić information content (AvgIpc) is 3.24. The van der Waals surface area contributed by atoms with E-state index in [0.29, 0.717) is 31.4 Å². The molecule has 3 aromatic rings. The number of ether oxygens (including phenoxy) is 2. The Morgan fingerprint density at radius 2 is 1.69 bits per heavy atom. The van der Waals surface area contributed by atoms with Crippen LogP contribution in [0, 0.1) is 0 Å². The van der Waals surface area contributed by atoms with Gasteiger partial charge in [0, 0.05) is 17.8 Å². The number of hydrogen-bond acceptors (Lipinski definition) is 4. The topological polar surface area (TPSA) is 46.9 Å². The molecule has 0 atom stereocenters. The number of nitrogens with one attached hydrogen (secondary N) is 1. The molecule has 0 saturated heterocycles. The minimum absolute atomic E-state index is 0.552. The molecule has 0 bridgehead atoms. The first kappa shape index (κ1) is 20.7. The second kappa shape index (κ2) is 10.5. The van der Waals surface area contributed by atoms with Gasteiger partial charge in [-0.1, -0.05) is 18.2 Å². The number of hydrogen-bond donors (Lipinski definition) is 1. The number of nitrogens with zero attached hydrogens (tertiary/aromatic N) is 1. The van der Waals surface area contributed by atoms with Gasteiger partial charge < -0.3 is 24.1 Å². The molecule has 0 radical (unpaired) electrons. The fourth-order valence-corrected chi connectivity index (χ4v) is 3.18. The molecule has 1 heterocycles. The number of furan rings is 1. The van der Waals surface area contributed by atoms with Crippen LogP contribution in [-0.4, -0.2) is 23.2 Å². The zero-order chi connectivity index (χ0) is 20.5. The molecule has 0 unspecified atom stereocenters. The summed E-state index contributed by atoms with van der Waals surface area (Å²) >= 11 is 5.72. The highest BCUT2D eigenvalue weighted by Gasteiger charge is 2.15. The van der Waals surface area contributed by atoms with Crippen LogP contribution in [0.2, 0.25) is 0 Å². The second-order valence-electron chi connectivity index (χ2n) is 6.36. The summed E-state index contributed by atoms with van der Waals surface area (Å²) in [7, 11) is 0. The van der Waals surface area contributed by atoms with Crippen molar-refractivity contribution in [3.8, 4) is 11.5 Å². The SMILES string of the molecule is CCOc1ccc(NC(=S)N(Cc2ccco2)Cc2ccccc2OCC)cc1. The minimum atomic E-state index is 0.552. The Hall–Kier alpha value is -2.99. The standard InChI is InChI=1S/C23H26N2O3S/c1-3-26-20-13-11-19(12-14-20)24-23(29)25(17-21-9-7-15-28-21)16-18-8-5-6-10-22(18)27-4-2/h5-15H,3-4,16-17H2,1-2H3,(H,24,29). The normalized spacial score (nSPS) is 10.4. The van der Waals surface area contributed by atoms with Crippen molar-refractivity contribution < 1.29 is 13.9 Å². The molecule has 0 fully saturated rings. The summed E-state index contributed by atoms with van der Waals surface area (Å²) in [5, 5.41) is 3.92. The first-order chi connectivity index (χ1) is 14.2. The summed E-state index contributed by atoms with van der Waals surface area (Å²) in [6.07, 6.45) is 1.67. The van der Waals surface area contributed by atoms with Crippen LogP contribution in [0.4, 0.5) is 5.69 Å². The molecule has 3 rings (SSSR count). The van der Waals surface area contributed by atoms with Crippen molar-refractivity contribution >= 4 is 23.0 Å². The maximum atomic E-state index is 5.78. The van der Waals surface area contributed by atoms with Gasteiger partial charge in [-0.3, -0.25) is 0 Å². The molecule has 0 aliphatic rings. The number of anilines is 1. The monoisotopic (exact) mass is 410 g/mol. The number of thiocarbonyl (C=S) groups is 1. The Labute approximate surface area is 177 Å². The Morgan fingerprint density at radius 3 is 2.38 bits per heavy atom. The summed E-state index contributed by atoms with van der Waals surface area (Å²) in [4.78, 5) is 2.06. The minimum Gasteiger partial charge on any atom is -0.494 e. The molecular formula is C23H26N2O3S. The smallest absolute Gasteiger partial charge is 0.174 e. The first-order valence-corrected chi connectivity index (χ1v) is 10.1. The Balaban J connectivity index is 1.76. The average molecular weight is 411 g/mol. The lowest BCUT2D eigenvalue weighted by atomic mass is 10.2. The van der Waals surface area contributed by atoms with E-state index in [1.165, 1.54) is 0 Å². The third-order valence-corrected chi connectivity index (χ3v) is 4.62. The maximum Gasteiger partial charge on any atom is 0.174 e. The quantitative estimate of drug-likeness (QED) is 0.472. The van der Waals surface area contributed by atoms with Crippen LogP contribution >= 0.6 is 12.2 Å². The molecule has 0 spiro atoms. The summed E-state index contributed by atoms with van der Waals surface area (Å²) < 4.78 is 16.8. The highest BCUT2D eigenvalue weighted by Crippen LogP contribution is 2.22. The summed E-state index contributed by atoms with van der Waals surface area (Å²) in [5.74, 6) is 2.54. The van der Waals surface area contributed by atoms with E-state index < -0.39 is 0 Å². The van der Waals surface area contributed by atoms with Crippen molar-refractivity contribution in [3.63, 3.8) is 0 Å². The van der Waals surface area contributed by atoms with Gasteiger partial charge in [0.15, 0.2) is 5.11 Å². The van der Waals surface area contributed by atoms with Crippen LogP contribution in [0.5, 0.6) is 11.5 Å². The van der Waals surface area contributed by atoms with Crippen LogP contribution < -0.4 is 14.8 Å². The number of rotatable bonds is 9. The maximum absolute atomic E-state index is 5.78. The van der Waals surface area contributed by atoms with Crippen molar-refractivity contribution in [1.82, 2.24) is 4.90 Å². The zero-order valence-corrected chi connectivity index (χ0v) is 17.6. The van der Waals surface area contributed by atoms with E-state index in [1.54, 1.807) is 6.26 Å². The first-order valence-electron chi connectivity index (χ1n) is 9.71. The third kappa shape index (κ3) is 5.99. The molecule has 5 nitrogen and oxygen atoms in total. The van der Waals surface area contributed by atoms with E-state index in [0.717, 1.165) is 28.5 Å². The predicted molar refractivity (Wildman–Crippen MR) is 119 cm³/mol. The molecule has 0 aliphatic heterocycles. The summed E-state index contributed by atoms with van der Waals surface area (Å²) in [6.45, 7) is 6.35. The molecule has 0 amide bonds. The largest absolute Gasteiger partial charge is 0.494 e. The van der Waals surface area contributed by atoms with Crippen molar-refractivity contribution in [3.05, 3.63) is 78.3 Å². The molecule has 2 aromatic carbocycles. The van der Waals surface area contributed by atoms with Crippen molar-refractivity contribution in [2.75, 3.05) is 18.5 Å². The molecule has 29 heavy (non-hydrogen) atoms. The van der Waals surface area contributed by atoms with Crippen LogP contribution in [0.25, 0.3) is 0 Å². The molecule has 6 heteroatoms. The van der Waals surface area contributed by atoms with Gasteiger partial charge in [0.25, 0.3) is 0 Å². The van der Waals surface area contributed by atoms with E-state index in [1.807, 2.05) is 68.4 Å². The molecule has 0 aliphatic carbocycles. The van der Waals surface area contributed by atoms with Gasteiger partial charge in [0.2, 0.25) is 0 Å². The molecular weight excluding hydrogens is 384 g/mol. The van der Waals surface area contributed by atoms with E-state index in [-0.39, 0.29) is 0 Å². The van der Waals surface area contributed by atoms with E-state index in [4.69, 9.17) is 26.1 Å².